The first-order valence-electron chi connectivity index (χ1n) is 5.54. The molecule has 1 fully saturated rings. The van der Waals surface area contributed by atoms with Gasteiger partial charge in [0.25, 0.3) is 0 Å². The maximum Gasteiger partial charge on any atom is 0.242 e. The molecule has 0 radical (unpaired) electrons. The molecule has 1 aromatic rings. The van der Waals surface area contributed by atoms with Crippen molar-refractivity contribution in [1.29, 1.82) is 0 Å². The lowest BCUT2D eigenvalue weighted by molar-refractivity contribution is -0.118. The van der Waals surface area contributed by atoms with Crippen LogP contribution in [0.2, 0.25) is 0 Å². The Morgan fingerprint density at radius 2 is 1.82 bits per heavy atom. The summed E-state index contributed by atoms with van der Waals surface area (Å²) < 4.78 is 25.3. The second-order valence-corrected chi connectivity index (χ2v) is 6.45. The molecule has 1 aromatic carbocycles. The van der Waals surface area contributed by atoms with Gasteiger partial charge >= 0.3 is 0 Å². The average molecular weight is 253 g/mol. The van der Waals surface area contributed by atoms with E-state index >= 15 is 0 Å². The monoisotopic (exact) mass is 253 g/mol. The van der Waals surface area contributed by atoms with E-state index in [-0.39, 0.29) is 6.42 Å². The summed E-state index contributed by atoms with van der Waals surface area (Å²) in [6.45, 7) is 4.15. The lowest BCUT2D eigenvalue weighted by atomic mass is 10.00. The van der Waals surface area contributed by atoms with E-state index in [0.29, 0.717) is 11.5 Å². The standard InChI is InChI=1S/C12H15NO3S/c1-8(2)9-3-5-10(6-4-9)11-7-12(14)13-17(11,15)16/h3-6,8,11H,7H2,1-2H3,(H,13,14). The van der Waals surface area contributed by atoms with E-state index < -0.39 is 21.2 Å². The number of hydrogen-bond acceptors (Lipinski definition) is 3. The number of carbonyl (C=O) groups excluding carboxylic acids is 1. The summed E-state index contributed by atoms with van der Waals surface area (Å²) in [4.78, 5) is 11.1. The Hall–Kier alpha value is -1.36. The van der Waals surface area contributed by atoms with Crippen molar-refractivity contribution in [2.24, 2.45) is 0 Å². The molecule has 1 amide bonds. The molecule has 4 nitrogen and oxygen atoms in total. The van der Waals surface area contributed by atoms with Crippen molar-refractivity contribution >= 4 is 15.9 Å². The van der Waals surface area contributed by atoms with Crippen LogP contribution in [-0.4, -0.2) is 14.3 Å². The summed E-state index contributed by atoms with van der Waals surface area (Å²) in [6.07, 6.45) is 0.0172. The van der Waals surface area contributed by atoms with Crippen LogP contribution in [0.15, 0.2) is 24.3 Å². The van der Waals surface area contributed by atoms with Crippen LogP contribution in [0.4, 0.5) is 0 Å². The minimum absolute atomic E-state index is 0.0172. The Balaban J connectivity index is 2.32. The highest BCUT2D eigenvalue weighted by Gasteiger charge is 2.37. The quantitative estimate of drug-likeness (QED) is 0.872. The van der Waals surface area contributed by atoms with E-state index in [9.17, 15) is 13.2 Å². The average Bonchev–Trinajstić information content (AvgIpc) is 2.52. The van der Waals surface area contributed by atoms with Crippen LogP contribution in [0.5, 0.6) is 0 Å². The molecule has 0 saturated carbocycles. The first-order valence-corrected chi connectivity index (χ1v) is 7.09. The van der Waals surface area contributed by atoms with Crippen LogP contribution in [0.3, 0.4) is 0 Å². The molecule has 1 aliphatic rings. The molecule has 2 rings (SSSR count). The second kappa shape index (κ2) is 4.14. The van der Waals surface area contributed by atoms with Crippen molar-refractivity contribution in [2.75, 3.05) is 0 Å². The van der Waals surface area contributed by atoms with Crippen molar-refractivity contribution in [1.82, 2.24) is 4.72 Å². The minimum Gasteiger partial charge on any atom is -0.274 e. The van der Waals surface area contributed by atoms with E-state index in [1.807, 2.05) is 16.9 Å². The Morgan fingerprint density at radius 1 is 1.24 bits per heavy atom. The fraction of sp³-hybridized carbons (Fsp3) is 0.417. The van der Waals surface area contributed by atoms with Gasteiger partial charge in [-0.05, 0) is 17.0 Å². The predicted octanol–water partition coefficient (Wildman–Crippen LogP) is 1.70. The molecule has 1 N–H and O–H groups in total. The third kappa shape index (κ3) is 2.34. The summed E-state index contributed by atoms with van der Waals surface area (Å²) in [5, 5.41) is -0.740. The Kier molecular flexibility index (Phi) is 2.95. The lowest BCUT2D eigenvalue weighted by Gasteiger charge is -2.10. The van der Waals surface area contributed by atoms with E-state index in [2.05, 4.69) is 13.8 Å². The number of amides is 1. The summed E-state index contributed by atoms with van der Waals surface area (Å²) in [5.74, 6) is -0.0214. The van der Waals surface area contributed by atoms with Gasteiger partial charge in [0.05, 0.1) is 6.42 Å². The van der Waals surface area contributed by atoms with Crippen molar-refractivity contribution in [3.05, 3.63) is 35.4 Å². The molecule has 1 heterocycles. The normalized spacial score (nSPS) is 22.8. The SMILES string of the molecule is CC(C)c1ccc(C2CC(=O)NS2(=O)=O)cc1. The van der Waals surface area contributed by atoms with Crippen molar-refractivity contribution in [3.8, 4) is 0 Å². The van der Waals surface area contributed by atoms with Gasteiger partial charge in [-0.25, -0.2) is 8.42 Å². The van der Waals surface area contributed by atoms with Crippen LogP contribution < -0.4 is 4.72 Å². The number of nitrogens with one attached hydrogen (secondary N) is 1. The molecule has 1 unspecified atom stereocenters. The lowest BCUT2D eigenvalue weighted by Crippen LogP contribution is -2.21. The first-order chi connectivity index (χ1) is 7.90. The Labute approximate surface area is 101 Å². The molecule has 17 heavy (non-hydrogen) atoms. The molecule has 92 valence electrons. The summed E-state index contributed by atoms with van der Waals surface area (Å²) in [7, 11) is -3.52. The molecule has 0 aliphatic carbocycles. The van der Waals surface area contributed by atoms with Crippen LogP contribution in [0, 0.1) is 0 Å². The van der Waals surface area contributed by atoms with E-state index in [4.69, 9.17) is 0 Å². The van der Waals surface area contributed by atoms with E-state index in [1.165, 1.54) is 0 Å². The van der Waals surface area contributed by atoms with Gasteiger partial charge < -0.3 is 0 Å². The highest BCUT2D eigenvalue weighted by molar-refractivity contribution is 7.90. The van der Waals surface area contributed by atoms with Gasteiger partial charge in [-0.15, -0.1) is 0 Å². The third-order valence-corrected chi connectivity index (χ3v) is 4.68. The smallest absolute Gasteiger partial charge is 0.242 e. The van der Waals surface area contributed by atoms with Crippen molar-refractivity contribution in [2.45, 2.75) is 31.4 Å². The number of rotatable bonds is 2. The minimum atomic E-state index is -3.52. The van der Waals surface area contributed by atoms with Gasteiger partial charge in [0.2, 0.25) is 15.9 Å². The largest absolute Gasteiger partial charge is 0.274 e. The molecule has 0 spiro atoms. The van der Waals surface area contributed by atoms with E-state index in [0.717, 1.165) is 5.56 Å². The number of carbonyl (C=O) groups is 1. The highest BCUT2D eigenvalue weighted by Crippen LogP contribution is 2.30. The molecule has 1 saturated heterocycles. The zero-order valence-corrected chi connectivity index (χ0v) is 10.6. The third-order valence-electron chi connectivity index (χ3n) is 2.98. The summed E-state index contributed by atoms with van der Waals surface area (Å²) in [5.41, 5.74) is 1.83. The molecule has 5 heteroatoms. The molecule has 0 aromatic heterocycles. The number of benzene rings is 1. The molecule has 1 atom stereocenters. The summed E-state index contributed by atoms with van der Waals surface area (Å²) in [6, 6.07) is 7.41. The van der Waals surface area contributed by atoms with E-state index in [1.54, 1.807) is 12.1 Å². The van der Waals surface area contributed by atoms with Gasteiger partial charge in [-0.3, -0.25) is 9.52 Å². The van der Waals surface area contributed by atoms with Crippen molar-refractivity contribution in [3.63, 3.8) is 0 Å². The van der Waals surface area contributed by atoms with Gasteiger partial charge in [0, 0.05) is 0 Å². The highest BCUT2D eigenvalue weighted by atomic mass is 32.2. The fourth-order valence-electron chi connectivity index (χ4n) is 1.94. The van der Waals surface area contributed by atoms with Crippen molar-refractivity contribution < 1.29 is 13.2 Å². The van der Waals surface area contributed by atoms with Crippen LogP contribution in [0.25, 0.3) is 0 Å². The second-order valence-electron chi connectivity index (χ2n) is 4.58. The maximum absolute atomic E-state index is 11.7. The topological polar surface area (TPSA) is 63.2 Å². The number of sulfonamides is 1. The fourth-order valence-corrected chi connectivity index (χ4v) is 3.37. The van der Waals surface area contributed by atoms with Gasteiger partial charge in [0.15, 0.2) is 0 Å². The molecular formula is C12H15NO3S. The van der Waals surface area contributed by atoms with Gasteiger partial charge in [-0.2, -0.15) is 0 Å². The summed E-state index contributed by atoms with van der Waals surface area (Å²) >= 11 is 0. The number of hydrogen-bond donors (Lipinski definition) is 1. The van der Waals surface area contributed by atoms with Gasteiger partial charge in [-0.1, -0.05) is 38.1 Å². The molecule has 0 bridgehead atoms. The zero-order valence-electron chi connectivity index (χ0n) is 9.80. The molecule has 1 aliphatic heterocycles. The zero-order chi connectivity index (χ0) is 12.6. The predicted molar refractivity (Wildman–Crippen MR) is 65.0 cm³/mol. The Bertz CT molecular complexity index is 531. The van der Waals surface area contributed by atoms with Crippen LogP contribution >= 0.6 is 0 Å². The van der Waals surface area contributed by atoms with Gasteiger partial charge in [0.1, 0.15) is 5.25 Å². The Morgan fingerprint density at radius 3 is 2.24 bits per heavy atom. The molecular weight excluding hydrogens is 238 g/mol. The van der Waals surface area contributed by atoms with Crippen LogP contribution in [0.1, 0.15) is 42.6 Å². The first kappa shape index (κ1) is 12.1. The maximum atomic E-state index is 11.7. The van der Waals surface area contributed by atoms with Crippen LogP contribution in [-0.2, 0) is 14.8 Å².